The molecular weight excluding hydrogens is 201 g/mol. The van der Waals surface area contributed by atoms with E-state index >= 15 is 0 Å². The Bertz CT molecular complexity index is 308. The third-order valence-electron chi connectivity index (χ3n) is 1.79. The zero-order valence-corrected chi connectivity index (χ0v) is 9.26. The molecule has 0 saturated carbocycles. The molecule has 0 atom stereocenters. The van der Waals surface area contributed by atoms with Crippen LogP contribution in [-0.2, 0) is 18.4 Å². The van der Waals surface area contributed by atoms with Gasteiger partial charge in [-0.2, -0.15) is 0 Å². The van der Waals surface area contributed by atoms with Crippen LogP contribution in [0, 0.1) is 0 Å². The molecule has 0 amide bonds. The molecular formula is C8H14N3PS. The van der Waals surface area contributed by atoms with Gasteiger partial charge in [-0.05, 0) is 24.4 Å². The smallest absolute Gasteiger partial charge is 0.135 e. The van der Waals surface area contributed by atoms with E-state index in [1.165, 1.54) is 5.56 Å². The van der Waals surface area contributed by atoms with E-state index in [9.17, 15) is 0 Å². The standard InChI is InChI=1S/C8H14N3PS/c1-11(12(9,10)13)7-8-5-3-2-4-6-8/h2-6H,7H2,1H3,(H4,9,10,13). The molecule has 0 aliphatic carbocycles. The summed E-state index contributed by atoms with van der Waals surface area (Å²) in [6.45, 7) is -1.54. The highest BCUT2D eigenvalue weighted by Crippen LogP contribution is 2.31. The molecule has 0 saturated heterocycles. The molecule has 1 rings (SSSR count). The Labute approximate surface area is 83.9 Å². The fourth-order valence-corrected chi connectivity index (χ4v) is 1.52. The van der Waals surface area contributed by atoms with Crippen LogP contribution in [0.1, 0.15) is 5.56 Å². The third kappa shape index (κ3) is 3.55. The maximum atomic E-state index is 5.66. The van der Waals surface area contributed by atoms with Gasteiger partial charge in [-0.3, -0.25) is 15.7 Å². The van der Waals surface area contributed by atoms with Crippen molar-refractivity contribution in [1.82, 2.24) is 4.67 Å². The predicted octanol–water partition coefficient (Wildman–Crippen LogP) is 1.26. The number of benzene rings is 1. The van der Waals surface area contributed by atoms with E-state index in [2.05, 4.69) is 0 Å². The van der Waals surface area contributed by atoms with Crippen LogP contribution in [0.25, 0.3) is 0 Å². The number of rotatable bonds is 3. The summed E-state index contributed by atoms with van der Waals surface area (Å²) in [4.78, 5) is 0. The number of hydrogen-bond acceptors (Lipinski definition) is 1. The summed E-state index contributed by atoms with van der Waals surface area (Å²) in [5.41, 5.74) is 12.5. The molecule has 0 radical (unpaired) electrons. The number of nitrogens with two attached hydrogens (primary N) is 2. The van der Waals surface area contributed by atoms with Gasteiger partial charge in [0.15, 0.2) is 0 Å². The van der Waals surface area contributed by atoms with Crippen LogP contribution in [0.3, 0.4) is 0 Å². The van der Waals surface area contributed by atoms with E-state index in [0.29, 0.717) is 6.54 Å². The lowest BCUT2D eigenvalue weighted by Gasteiger charge is -2.23. The minimum absolute atomic E-state index is 0.713. The van der Waals surface area contributed by atoms with E-state index in [-0.39, 0.29) is 0 Å². The molecule has 4 N–H and O–H groups in total. The largest absolute Gasteiger partial charge is 0.279 e. The molecule has 0 heterocycles. The van der Waals surface area contributed by atoms with Crippen LogP contribution in [0.5, 0.6) is 0 Å². The Balaban J connectivity index is 2.66. The van der Waals surface area contributed by atoms with Crippen molar-refractivity contribution in [3.8, 4) is 0 Å². The maximum Gasteiger partial charge on any atom is 0.135 e. The maximum absolute atomic E-state index is 5.66. The molecule has 0 unspecified atom stereocenters. The average Bonchev–Trinajstić information content (AvgIpc) is 2.04. The number of hydrogen-bond donors (Lipinski definition) is 2. The van der Waals surface area contributed by atoms with Crippen molar-refractivity contribution < 1.29 is 0 Å². The first-order valence-corrected chi connectivity index (χ1v) is 6.82. The monoisotopic (exact) mass is 215 g/mol. The highest BCUT2D eigenvalue weighted by molar-refractivity contribution is 8.11. The van der Waals surface area contributed by atoms with E-state index in [1.54, 1.807) is 0 Å². The van der Waals surface area contributed by atoms with Gasteiger partial charge >= 0.3 is 0 Å². The second kappa shape index (κ2) is 4.31. The lowest BCUT2D eigenvalue weighted by Crippen LogP contribution is -2.24. The van der Waals surface area contributed by atoms with Crippen molar-refractivity contribution in [1.29, 1.82) is 0 Å². The van der Waals surface area contributed by atoms with E-state index in [4.69, 9.17) is 22.8 Å². The Kier molecular flexibility index (Phi) is 3.59. The van der Waals surface area contributed by atoms with Gasteiger partial charge in [0.2, 0.25) is 0 Å². The van der Waals surface area contributed by atoms with E-state index < -0.39 is 6.49 Å². The first-order chi connectivity index (χ1) is 6.00. The van der Waals surface area contributed by atoms with Crippen molar-refractivity contribution in [2.75, 3.05) is 7.05 Å². The predicted molar refractivity (Wildman–Crippen MR) is 60.6 cm³/mol. The van der Waals surface area contributed by atoms with Gasteiger partial charge in [-0.1, -0.05) is 30.3 Å². The second-order valence-corrected chi connectivity index (χ2v) is 6.76. The summed E-state index contributed by atoms with van der Waals surface area (Å²) in [7, 11) is 1.85. The molecule has 0 fully saturated rings. The van der Waals surface area contributed by atoms with Crippen LogP contribution in [0.15, 0.2) is 30.3 Å². The summed E-state index contributed by atoms with van der Waals surface area (Å²) >= 11 is 5.00. The Morgan fingerprint density at radius 3 is 2.31 bits per heavy atom. The van der Waals surface area contributed by atoms with Crippen molar-refractivity contribution >= 4 is 18.3 Å². The van der Waals surface area contributed by atoms with Crippen LogP contribution in [0.2, 0.25) is 0 Å². The molecule has 1 aromatic rings. The van der Waals surface area contributed by atoms with Crippen LogP contribution >= 0.6 is 6.49 Å². The Morgan fingerprint density at radius 2 is 1.85 bits per heavy atom. The quantitative estimate of drug-likeness (QED) is 0.745. The van der Waals surface area contributed by atoms with Crippen molar-refractivity contribution in [2.45, 2.75) is 6.54 Å². The van der Waals surface area contributed by atoms with Gasteiger partial charge in [0.05, 0.1) is 0 Å². The highest BCUT2D eigenvalue weighted by Gasteiger charge is 2.10. The van der Waals surface area contributed by atoms with Gasteiger partial charge in [-0.15, -0.1) is 0 Å². The molecule has 1 aromatic carbocycles. The number of nitrogens with zero attached hydrogens (tertiary/aromatic N) is 1. The minimum Gasteiger partial charge on any atom is -0.279 e. The van der Waals surface area contributed by atoms with Crippen molar-refractivity contribution in [2.24, 2.45) is 11.0 Å². The molecule has 5 heteroatoms. The van der Waals surface area contributed by atoms with Crippen LogP contribution in [-0.4, -0.2) is 11.7 Å². The van der Waals surface area contributed by atoms with Gasteiger partial charge < -0.3 is 0 Å². The topological polar surface area (TPSA) is 55.3 Å². The molecule has 0 aliphatic rings. The van der Waals surface area contributed by atoms with E-state index in [1.807, 2.05) is 42.0 Å². The fourth-order valence-electron chi connectivity index (χ4n) is 0.958. The van der Waals surface area contributed by atoms with Gasteiger partial charge in [0.1, 0.15) is 6.49 Å². The summed E-state index contributed by atoms with van der Waals surface area (Å²) in [5, 5.41) is 0. The minimum atomic E-state index is -2.26. The van der Waals surface area contributed by atoms with Crippen LogP contribution in [0.4, 0.5) is 0 Å². The van der Waals surface area contributed by atoms with E-state index in [0.717, 1.165) is 0 Å². The van der Waals surface area contributed by atoms with Gasteiger partial charge in [-0.25, -0.2) is 0 Å². The summed E-state index contributed by atoms with van der Waals surface area (Å²) in [5.74, 6) is 0. The van der Waals surface area contributed by atoms with Crippen LogP contribution < -0.4 is 11.0 Å². The summed E-state index contributed by atoms with van der Waals surface area (Å²) < 4.78 is 1.83. The Morgan fingerprint density at radius 1 is 1.31 bits per heavy atom. The summed E-state index contributed by atoms with van der Waals surface area (Å²) in [6.07, 6.45) is 0. The normalized spacial score (nSPS) is 12.0. The first kappa shape index (κ1) is 10.8. The van der Waals surface area contributed by atoms with Crippen molar-refractivity contribution in [3.05, 3.63) is 35.9 Å². The molecule has 0 bridgehead atoms. The lowest BCUT2D eigenvalue weighted by molar-refractivity contribution is 0.542. The third-order valence-corrected chi connectivity index (χ3v) is 3.83. The first-order valence-electron chi connectivity index (χ1n) is 3.93. The molecule has 0 spiro atoms. The fraction of sp³-hybridized carbons (Fsp3) is 0.250. The second-order valence-electron chi connectivity index (χ2n) is 2.97. The Hall–Kier alpha value is -0.250. The molecule has 72 valence electrons. The van der Waals surface area contributed by atoms with Crippen molar-refractivity contribution in [3.63, 3.8) is 0 Å². The van der Waals surface area contributed by atoms with Gasteiger partial charge in [0.25, 0.3) is 0 Å². The molecule has 0 aliphatic heterocycles. The lowest BCUT2D eigenvalue weighted by atomic mass is 10.2. The summed E-state index contributed by atoms with van der Waals surface area (Å²) in [6, 6.07) is 10.0. The SMILES string of the molecule is CN(Cc1ccccc1)P(N)(N)=S. The zero-order valence-electron chi connectivity index (χ0n) is 7.55. The van der Waals surface area contributed by atoms with Gasteiger partial charge in [0, 0.05) is 6.54 Å². The molecule has 3 nitrogen and oxygen atoms in total. The molecule has 13 heavy (non-hydrogen) atoms. The highest BCUT2D eigenvalue weighted by atomic mass is 32.4. The average molecular weight is 215 g/mol. The molecule has 0 aromatic heterocycles. The zero-order chi connectivity index (χ0) is 9.90.